The third-order valence-corrected chi connectivity index (χ3v) is 4.44. The van der Waals surface area contributed by atoms with Crippen LogP contribution in [0.4, 0.5) is 4.79 Å². The fourth-order valence-corrected chi connectivity index (χ4v) is 3.11. The molecule has 1 aromatic heterocycles. The van der Waals surface area contributed by atoms with Crippen LogP contribution in [0, 0.1) is 3.57 Å². The van der Waals surface area contributed by atoms with E-state index < -0.39 is 5.60 Å². The van der Waals surface area contributed by atoms with E-state index in [1.807, 2.05) is 43.7 Å². The number of hydrogen-bond acceptors (Lipinski definition) is 4. The van der Waals surface area contributed by atoms with Crippen molar-refractivity contribution in [3.8, 4) is 17.0 Å². The molecule has 1 aliphatic heterocycles. The van der Waals surface area contributed by atoms with Crippen LogP contribution in [0.2, 0.25) is 0 Å². The van der Waals surface area contributed by atoms with Crippen LogP contribution in [0.25, 0.3) is 11.3 Å². The number of aromatic hydroxyl groups is 1. The number of hydrogen-bond donors (Lipinski definition) is 1. The summed E-state index contributed by atoms with van der Waals surface area (Å²) >= 11 is 2.21. The number of halogens is 1. The van der Waals surface area contributed by atoms with Gasteiger partial charge in [0.2, 0.25) is 0 Å². The van der Waals surface area contributed by atoms with Crippen molar-refractivity contribution in [3.05, 3.63) is 34.0 Å². The number of amides is 1. The Balaban J connectivity index is 1.74. The fraction of sp³-hybridized carbons (Fsp3) is 0.412. The Morgan fingerprint density at radius 1 is 1.33 bits per heavy atom. The number of carbonyl (C=O) groups excluding carboxylic acids is 1. The van der Waals surface area contributed by atoms with Crippen molar-refractivity contribution >= 4 is 28.7 Å². The van der Waals surface area contributed by atoms with E-state index in [1.54, 1.807) is 17.2 Å². The molecule has 2 heterocycles. The average Bonchev–Trinajstić information content (AvgIpc) is 2.86. The van der Waals surface area contributed by atoms with Gasteiger partial charge in [-0.3, -0.25) is 4.68 Å². The quantitative estimate of drug-likeness (QED) is 0.723. The summed E-state index contributed by atoms with van der Waals surface area (Å²) in [5.74, 6) is 0.223. The Bertz CT molecular complexity index is 761. The number of ether oxygens (including phenoxy) is 1. The van der Waals surface area contributed by atoms with Crippen LogP contribution >= 0.6 is 22.6 Å². The molecule has 7 heteroatoms. The normalized spacial score (nSPS) is 15.2. The van der Waals surface area contributed by atoms with Crippen molar-refractivity contribution in [2.24, 2.45) is 0 Å². The summed E-state index contributed by atoms with van der Waals surface area (Å²) in [6, 6.07) is 7.42. The highest BCUT2D eigenvalue weighted by Gasteiger charge is 2.36. The number of nitrogens with zero attached hydrogens (tertiary/aromatic N) is 3. The molecule has 0 bridgehead atoms. The van der Waals surface area contributed by atoms with E-state index in [9.17, 15) is 9.90 Å². The van der Waals surface area contributed by atoms with E-state index in [2.05, 4.69) is 27.7 Å². The first-order valence-electron chi connectivity index (χ1n) is 7.75. The van der Waals surface area contributed by atoms with E-state index >= 15 is 0 Å². The van der Waals surface area contributed by atoms with Gasteiger partial charge in [-0.15, -0.1) is 0 Å². The van der Waals surface area contributed by atoms with Crippen LogP contribution in [-0.4, -0.2) is 44.6 Å². The molecule has 1 aromatic carbocycles. The minimum Gasteiger partial charge on any atom is -0.507 e. The van der Waals surface area contributed by atoms with Gasteiger partial charge in [0.15, 0.2) is 0 Å². The number of phenols is 1. The molecule has 24 heavy (non-hydrogen) atoms. The van der Waals surface area contributed by atoms with Gasteiger partial charge in [-0.05, 0) is 67.6 Å². The first-order chi connectivity index (χ1) is 11.2. The van der Waals surface area contributed by atoms with E-state index in [-0.39, 0.29) is 17.9 Å². The highest BCUT2D eigenvalue weighted by molar-refractivity contribution is 14.1. The summed E-state index contributed by atoms with van der Waals surface area (Å²) in [5.41, 5.74) is 1.10. The molecule has 0 saturated carbocycles. The number of phenolic OH excluding ortho intramolecular Hbond substituents is 1. The molecular weight excluding hydrogens is 421 g/mol. The molecule has 0 spiro atoms. The third-order valence-electron chi connectivity index (χ3n) is 3.76. The fourth-order valence-electron chi connectivity index (χ4n) is 2.62. The van der Waals surface area contributed by atoms with Crippen LogP contribution in [-0.2, 0) is 4.74 Å². The van der Waals surface area contributed by atoms with E-state index in [1.165, 1.54) is 0 Å². The van der Waals surface area contributed by atoms with Gasteiger partial charge < -0.3 is 14.7 Å². The number of aromatic nitrogens is 2. The number of rotatable bonds is 2. The molecule has 1 aliphatic rings. The van der Waals surface area contributed by atoms with Crippen LogP contribution in [0.1, 0.15) is 26.8 Å². The minimum atomic E-state index is -0.494. The molecule has 0 atom stereocenters. The zero-order valence-electron chi connectivity index (χ0n) is 13.9. The van der Waals surface area contributed by atoms with Crippen molar-refractivity contribution in [2.75, 3.05) is 13.1 Å². The predicted octanol–water partition coefficient (Wildman–Crippen LogP) is 3.65. The third kappa shape index (κ3) is 3.50. The predicted molar refractivity (Wildman–Crippen MR) is 98.9 cm³/mol. The van der Waals surface area contributed by atoms with Gasteiger partial charge in [0.1, 0.15) is 11.4 Å². The minimum absolute atomic E-state index is 0.0831. The summed E-state index contributed by atoms with van der Waals surface area (Å²) in [4.78, 5) is 13.7. The Morgan fingerprint density at radius 3 is 2.71 bits per heavy atom. The second kappa shape index (κ2) is 6.27. The van der Waals surface area contributed by atoms with Crippen molar-refractivity contribution in [1.82, 2.24) is 14.7 Å². The molecule has 3 rings (SSSR count). The van der Waals surface area contributed by atoms with Gasteiger partial charge in [0, 0.05) is 28.4 Å². The number of carbonyl (C=O) groups is 1. The molecule has 2 aromatic rings. The summed E-state index contributed by atoms with van der Waals surface area (Å²) in [7, 11) is 0. The van der Waals surface area contributed by atoms with Crippen molar-refractivity contribution in [3.63, 3.8) is 0 Å². The molecule has 0 aliphatic carbocycles. The molecule has 6 nitrogen and oxygen atoms in total. The van der Waals surface area contributed by atoms with E-state index in [4.69, 9.17) is 4.74 Å². The molecule has 1 saturated heterocycles. The van der Waals surface area contributed by atoms with Crippen molar-refractivity contribution in [1.29, 1.82) is 0 Å². The topological polar surface area (TPSA) is 67.6 Å². The number of likely N-dealkylation sites (tertiary alicyclic amines) is 1. The molecule has 1 N–H and O–H groups in total. The maximum absolute atomic E-state index is 12.0. The summed E-state index contributed by atoms with van der Waals surface area (Å²) in [5, 5.41) is 14.5. The highest BCUT2D eigenvalue weighted by Crippen LogP contribution is 2.34. The van der Waals surface area contributed by atoms with Gasteiger partial charge in [0.25, 0.3) is 0 Å². The van der Waals surface area contributed by atoms with Crippen molar-refractivity contribution < 1.29 is 14.6 Å². The molecule has 0 unspecified atom stereocenters. The van der Waals surface area contributed by atoms with E-state index in [0.717, 1.165) is 14.8 Å². The molecular formula is C17H20IN3O3. The maximum Gasteiger partial charge on any atom is 0.410 e. The Morgan fingerprint density at radius 2 is 2.04 bits per heavy atom. The Hall–Kier alpha value is -1.77. The standard InChI is InChI=1S/C17H20IN3O3/c1-17(2,3)24-16(23)20-9-12(10-20)21-14(6-7-19-21)13-8-11(18)4-5-15(13)22/h4-8,12,22H,9-10H2,1-3H3. The summed E-state index contributed by atoms with van der Waals surface area (Å²) < 4.78 is 8.28. The summed E-state index contributed by atoms with van der Waals surface area (Å²) in [6.45, 7) is 6.66. The first-order valence-corrected chi connectivity index (χ1v) is 8.83. The van der Waals surface area contributed by atoms with Crippen LogP contribution < -0.4 is 0 Å². The zero-order chi connectivity index (χ0) is 17.5. The lowest BCUT2D eigenvalue weighted by Crippen LogP contribution is -2.52. The largest absolute Gasteiger partial charge is 0.507 e. The van der Waals surface area contributed by atoms with Crippen LogP contribution in [0.15, 0.2) is 30.5 Å². The second-order valence-electron chi connectivity index (χ2n) is 6.86. The highest BCUT2D eigenvalue weighted by atomic mass is 127. The monoisotopic (exact) mass is 441 g/mol. The van der Waals surface area contributed by atoms with Crippen molar-refractivity contribution in [2.45, 2.75) is 32.4 Å². The maximum atomic E-state index is 12.0. The molecule has 128 valence electrons. The lowest BCUT2D eigenvalue weighted by Gasteiger charge is -2.40. The first kappa shape index (κ1) is 17.1. The Kier molecular flexibility index (Phi) is 4.46. The van der Waals surface area contributed by atoms with E-state index in [0.29, 0.717) is 13.1 Å². The van der Waals surface area contributed by atoms with Crippen LogP contribution in [0.3, 0.4) is 0 Å². The summed E-state index contributed by atoms with van der Waals surface area (Å²) in [6.07, 6.45) is 1.41. The van der Waals surface area contributed by atoms with Gasteiger partial charge in [-0.1, -0.05) is 0 Å². The zero-order valence-corrected chi connectivity index (χ0v) is 16.0. The average molecular weight is 441 g/mol. The van der Waals surface area contributed by atoms with Crippen LogP contribution in [0.5, 0.6) is 5.75 Å². The smallest absolute Gasteiger partial charge is 0.410 e. The molecule has 1 fully saturated rings. The van der Waals surface area contributed by atoms with Gasteiger partial charge in [0.05, 0.1) is 11.7 Å². The van der Waals surface area contributed by atoms with Gasteiger partial charge in [-0.2, -0.15) is 5.10 Å². The molecule has 1 amide bonds. The lowest BCUT2D eigenvalue weighted by molar-refractivity contribution is -0.000186. The lowest BCUT2D eigenvalue weighted by atomic mass is 10.1. The molecule has 0 radical (unpaired) electrons. The van der Waals surface area contributed by atoms with Gasteiger partial charge in [-0.25, -0.2) is 4.79 Å². The SMILES string of the molecule is CC(C)(C)OC(=O)N1CC(n2nccc2-c2cc(I)ccc2O)C1. The Labute approximate surface area is 154 Å². The van der Waals surface area contributed by atoms with Gasteiger partial charge >= 0.3 is 6.09 Å². The number of benzene rings is 1. The second-order valence-corrected chi connectivity index (χ2v) is 8.11.